The molecule has 7 heteroatoms. The maximum absolute atomic E-state index is 12.0. The molecule has 24 heavy (non-hydrogen) atoms. The standard InChI is InChI=1S/C17H15N5O2/c23-7-3-6-22-16-15(21-17(22)24)19-10-14(20-16)13-9-18-8-11-4-1-2-5-12(11)13/h1-2,4-5,8-10,23H,3,6-7H2,(H,19,21,24). The second-order valence-electron chi connectivity index (χ2n) is 5.49. The first-order valence-corrected chi connectivity index (χ1v) is 7.67. The van der Waals surface area contributed by atoms with Gasteiger partial charge in [0.2, 0.25) is 0 Å². The largest absolute Gasteiger partial charge is 0.396 e. The van der Waals surface area contributed by atoms with E-state index in [4.69, 9.17) is 5.11 Å². The number of H-pyrrole nitrogens is 1. The van der Waals surface area contributed by atoms with Gasteiger partial charge in [0.1, 0.15) is 0 Å². The van der Waals surface area contributed by atoms with Crippen molar-refractivity contribution in [1.29, 1.82) is 0 Å². The Morgan fingerprint density at radius 3 is 2.92 bits per heavy atom. The highest BCUT2D eigenvalue weighted by Gasteiger charge is 2.12. The minimum atomic E-state index is -0.272. The molecule has 4 rings (SSSR count). The van der Waals surface area contributed by atoms with Gasteiger partial charge >= 0.3 is 5.69 Å². The van der Waals surface area contributed by atoms with E-state index in [0.29, 0.717) is 30.0 Å². The van der Waals surface area contributed by atoms with E-state index in [9.17, 15) is 4.79 Å². The van der Waals surface area contributed by atoms with E-state index >= 15 is 0 Å². The van der Waals surface area contributed by atoms with E-state index in [1.165, 1.54) is 4.57 Å². The average molecular weight is 321 g/mol. The second-order valence-corrected chi connectivity index (χ2v) is 5.49. The minimum absolute atomic E-state index is 0.0134. The fraction of sp³-hybridized carbons (Fsp3) is 0.176. The van der Waals surface area contributed by atoms with Gasteiger partial charge in [-0.25, -0.2) is 14.8 Å². The van der Waals surface area contributed by atoms with Gasteiger partial charge in [-0.05, 0) is 11.8 Å². The van der Waals surface area contributed by atoms with Gasteiger partial charge in [-0.1, -0.05) is 24.3 Å². The van der Waals surface area contributed by atoms with Crippen LogP contribution in [0.3, 0.4) is 0 Å². The van der Waals surface area contributed by atoms with Crippen molar-refractivity contribution in [2.45, 2.75) is 13.0 Å². The number of imidazole rings is 1. The van der Waals surface area contributed by atoms with Crippen LogP contribution in [0.4, 0.5) is 0 Å². The number of pyridine rings is 1. The SMILES string of the molecule is O=c1[nH]c2ncc(-c3cncc4ccccc34)nc2n1CCCO. The molecule has 3 heterocycles. The summed E-state index contributed by atoms with van der Waals surface area (Å²) >= 11 is 0. The van der Waals surface area contributed by atoms with Gasteiger partial charge in [0.15, 0.2) is 11.3 Å². The Labute approximate surface area is 136 Å². The Kier molecular flexibility index (Phi) is 3.55. The lowest BCUT2D eigenvalue weighted by Gasteiger charge is -2.06. The van der Waals surface area contributed by atoms with Crippen LogP contribution < -0.4 is 5.69 Å². The number of aryl methyl sites for hydroxylation is 1. The Balaban J connectivity index is 1.92. The van der Waals surface area contributed by atoms with Crippen LogP contribution in [0.5, 0.6) is 0 Å². The number of nitrogens with one attached hydrogen (secondary N) is 1. The van der Waals surface area contributed by atoms with Crippen molar-refractivity contribution < 1.29 is 5.11 Å². The summed E-state index contributed by atoms with van der Waals surface area (Å²) in [7, 11) is 0. The topological polar surface area (TPSA) is 96.7 Å². The lowest BCUT2D eigenvalue weighted by Crippen LogP contribution is -2.17. The van der Waals surface area contributed by atoms with Gasteiger partial charge in [-0.15, -0.1) is 0 Å². The minimum Gasteiger partial charge on any atom is -0.396 e. The Bertz CT molecular complexity index is 1080. The quantitative estimate of drug-likeness (QED) is 0.596. The van der Waals surface area contributed by atoms with Gasteiger partial charge in [0.25, 0.3) is 0 Å². The predicted molar refractivity (Wildman–Crippen MR) is 90.6 cm³/mol. The van der Waals surface area contributed by atoms with Crippen molar-refractivity contribution in [3.63, 3.8) is 0 Å². The molecule has 0 unspecified atom stereocenters. The van der Waals surface area contributed by atoms with E-state index in [1.807, 2.05) is 24.3 Å². The molecule has 0 fully saturated rings. The number of aromatic nitrogens is 5. The van der Waals surface area contributed by atoms with Gasteiger partial charge in [0.05, 0.1) is 11.9 Å². The third-order valence-electron chi connectivity index (χ3n) is 3.96. The van der Waals surface area contributed by atoms with E-state index < -0.39 is 0 Å². The maximum Gasteiger partial charge on any atom is 0.328 e. The lowest BCUT2D eigenvalue weighted by molar-refractivity contribution is 0.280. The predicted octanol–water partition coefficient (Wildman–Crippen LogP) is 1.72. The molecule has 0 radical (unpaired) electrons. The van der Waals surface area contributed by atoms with Crippen molar-refractivity contribution in [3.8, 4) is 11.3 Å². The summed E-state index contributed by atoms with van der Waals surface area (Å²) in [6.07, 6.45) is 5.67. The smallest absolute Gasteiger partial charge is 0.328 e. The third-order valence-corrected chi connectivity index (χ3v) is 3.96. The summed E-state index contributed by atoms with van der Waals surface area (Å²) in [6.45, 7) is 0.404. The second kappa shape index (κ2) is 5.86. The lowest BCUT2D eigenvalue weighted by atomic mass is 10.1. The van der Waals surface area contributed by atoms with Gasteiger partial charge < -0.3 is 5.11 Å². The van der Waals surface area contributed by atoms with Crippen LogP contribution in [0.15, 0.2) is 47.7 Å². The summed E-state index contributed by atoms with van der Waals surface area (Å²) in [4.78, 5) is 27.9. The summed E-state index contributed by atoms with van der Waals surface area (Å²) in [5.41, 5.74) is 2.17. The molecule has 0 spiro atoms. The van der Waals surface area contributed by atoms with Crippen molar-refractivity contribution in [2.24, 2.45) is 0 Å². The van der Waals surface area contributed by atoms with Crippen LogP contribution in [0.2, 0.25) is 0 Å². The zero-order valence-corrected chi connectivity index (χ0v) is 12.8. The molecule has 0 saturated carbocycles. The highest BCUT2D eigenvalue weighted by Crippen LogP contribution is 2.26. The normalized spacial score (nSPS) is 11.4. The molecule has 0 atom stereocenters. The van der Waals surface area contributed by atoms with E-state index in [2.05, 4.69) is 19.9 Å². The number of aliphatic hydroxyl groups excluding tert-OH is 1. The average Bonchev–Trinajstić information content (AvgIpc) is 2.94. The molecule has 0 amide bonds. The summed E-state index contributed by atoms with van der Waals surface area (Å²) in [5.74, 6) is 0. The van der Waals surface area contributed by atoms with Gasteiger partial charge in [-0.2, -0.15) is 0 Å². The number of hydrogen-bond donors (Lipinski definition) is 2. The van der Waals surface area contributed by atoms with Crippen LogP contribution in [0.25, 0.3) is 33.3 Å². The first kappa shape index (κ1) is 14.5. The summed E-state index contributed by atoms with van der Waals surface area (Å²) in [5, 5.41) is 11.1. The number of aromatic amines is 1. The molecule has 120 valence electrons. The van der Waals surface area contributed by atoms with Gasteiger partial charge in [-0.3, -0.25) is 14.5 Å². The number of fused-ring (bicyclic) bond motifs is 2. The number of nitrogens with zero attached hydrogens (tertiary/aromatic N) is 4. The third kappa shape index (κ3) is 2.35. The number of aliphatic hydroxyl groups is 1. The van der Waals surface area contributed by atoms with Crippen LogP contribution in [-0.4, -0.2) is 36.2 Å². The van der Waals surface area contributed by atoms with Crippen molar-refractivity contribution in [2.75, 3.05) is 6.61 Å². The molecule has 0 saturated heterocycles. The molecule has 3 aromatic heterocycles. The first-order valence-electron chi connectivity index (χ1n) is 7.67. The van der Waals surface area contributed by atoms with E-state index in [0.717, 1.165) is 16.3 Å². The fourth-order valence-electron chi connectivity index (χ4n) is 2.81. The van der Waals surface area contributed by atoms with Crippen LogP contribution in [-0.2, 0) is 6.54 Å². The zero-order chi connectivity index (χ0) is 16.5. The number of hydrogen-bond acceptors (Lipinski definition) is 5. The molecule has 4 aromatic rings. The summed E-state index contributed by atoms with van der Waals surface area (Å²) < 4.78 is 1.50. The van der Waals surface area contributed by atoms with Crippen molar-refractivity contribution >= 4 is 22.1 Å². The van der Waals surface area contributed by atoms with E-state index in [1.54, 1.807) is 18.6 Å². The Morgan fingerprint density at radius 2 is 2.04 bits per heavy atom. The van der Waals surface area contributed by atoms with Crippen LogP contribution in [0.1, 0.15) is 6.42 Å². The zero-order valence-electron chi connectivity index (χ0n) is 12.8. The highest BCUT2D eigenvalue weighted by atomic mass is 16.3. The molecule has 2 N–H and O–H groups in total. The van der Waals surface area contributed by atoms with E-state index in [-0.39, 0.29) is 12.3 Å². The molecule has 0 aliphatic carbocycles. The fourth-order valence-corrected chi connectivity index (χ4v) is 2.81. The molecule has 0 bridgehead atoms. The highest BCUT2D eigenvalue weighted by molar-refractivity contribution is 5.95. The monoisotopic (exact) mass is 321 g/mol. The van der Waals surface area contributed by atoms with Crippen LogP contribution >= 0.6 is 0 Å². The first-order chi connectivity index (χ1) is 11.8. The number of benzene rings is 1. The summed E-state index contributed by atoms with van der Waals surface area (Å²) in [6, 6.07) is 7.92. The Hall–Kier alpha value is -3.06. The molecular formula is C17H15N5O2. The molecular weight excluding hydrogens is 306 g/mol. The van der Waals surface area contributed by atoms with Crippen molar-refractivity contribution in [1.82, 2.24) is 24.5 Å². The number of rotatable bonds is 4. The molecule has 1 aromatic carbocycles. The maximum atomic E-state index is 12.0. The van der Waals surface area contributed by atoms with Crippen LogP contribution in [0, 0.1) is 0 Å². The van der Waals surface area contributed by atoms with Gasteiger partial charge in [0, 0.05) is 36.5 Å². The molecule has 0 aliphatic heterocycles. The van der Waals surface area contributed by atoms with Crippen molar-refractivity contribution in [3.05, 3.63) is 53.3 Å². The Morgan fingerprint density at radius 1 is 1.17 bits per heavy atom. The molecule has 7 nitrogen and oxygen atoms in total. The molecule has 0 aliphatic rings.